The Labute approximate surface area is 114 Å². The van der Waals surface area contributed by atoms with Gasteiger partial charge >= 0.3 is 0 Å². The van der Waals surface area contributed by atoms with Gasteiger partial charge < -0.3 is 5.73 Å². The van der Waals surface area contributed by atoms with Crippen molar-refractivity contribution in [1.29, 1.82) is 0 Å². The van der Waals surface area contributed by atoms with E-state index >= 15 is 0 Å². The van der Waals surface area contributed by atoms with Crippen LogP contribution in [0.4, 0.5) is 0 Å². The largest absolute Gasteiger partial charge is 0.320 e. The highest BCUT2D eigenvalue weighted by Crippen LogP contribution is 2.29. The first-order chi connectivity index (χ1) is 8.50. The van der Waals surface area contributed by atoms with Gasteiger partial charge in [0, 0.05) is 5.02 Å². The van der Waals surface area contributed by atoms with Crippen LogP contribution >= 0.6 is 11.6 Å². The Hall–Kier alpha value is -1.31. The predicted molar refractivity (Wildman–Crippen MR) is 78.1 cm³/mol. The minimum atomic E-state index is -0.170. The summed E-state index contributed by atoms with van der Waals surface area (Å²) in [6.45, 7) is 6.20. The van der Waals surface area contributed by atoms with Gasteiger partial charge in [0.25, 0.3) is 0 Å². The van der Waals surface area contributed by atoms with Gasteiger partial charge in [-0.25, -0.2) is 0 Å². The Morgan fingerprint density at radius 3 is 2.33 bits per heavy atom. The Morgan fingerprint density at radius 1 is 0.944 bits per heavy atom. The van der Waals surface area contributed by atoms with Gasteiger partial charge in [0.2, 0.25) is 0 Å². The number of nitrogens with two attached hydrogens (primary N) is 1. The zero-order valence-corrected chi connectivity index (χ0v) is 11.8. The second kappa shape index (κ2) is 5.13. The molecular formula is C16H18ClN. The molecule has 0 aliphatic rings. The molecule has 0 aromatic heterocycles. The van der Waals surface area contributed by atoms with E-state index in [1.807, 2.05) is 25.1 Å². The van der Waals surface area contributed by atoms with Crippen molar-refractivity contribution in [2.24, 2.45) is 5.73 Å². The first kappa shape index (κ1) is 13.1. The molecule has 1 atom stereocenters. The van der Waals surface area contributed by atoms with Crippen molar-refractivity contribution in [2.75, 3.05) is 0 Å². The molecule has 1 unspecified atom stereocenters. The number of hydrogen-bond donors (Lipinski definition) is 1. The van der Waals surface area contributed by atoms with E-state index in [2.05, 4.69) is 32.0 Å². The molecule has 0 aliphatic heterocycles. The molecule has 0 heterocycles. The molecule has 2 N–H and O–H groups in total. The van der Waals surface area contributed by atoms with Crippen molar-refractivity contribution < 1.29 is 0 Å². The third-order valence-corrected chi connectivity index (χ3v) is 3.96. The van der Waals surface area contributed by atoms with E-state index < -0.39 is 0 Å². The van der Waals surface area contributed by atoms with Gasteiger partial charge in [0.15, 0.2) is 0 Å². The summed E-state index contributed by atoms with van der Waals surface area (Å²) in [6, 6.07) is 12.1. The van der Waals surface area contributed by atoms with Crippen molar-refractivity contribution in [3.8, 4) is 0 Å². The Balaban J connectivity index is 2.44. The zero-order valence-electron chi connectivity index (χ0n) is 11.0. The fourth-order valence-electron chi connectivity index (χ4n) is 2.05. The van der Waals surface area contributed by atoms with Gasteiger partial charge in [-0.1, -0.05) is 48.0 Å². The van der Waals surface area contributed by atoms with Crippen LogP contribution in [0.1, 0.15) is 33.9 Å². The standard InChI is InChI=1S/C16H18ClN/c1-10-7-8-13(9-12(10)3)16(18)14-6-4-5-11(2)15(14)17/h4-9,16H,18H2,1-3H3. The minimum Gasteiger partial charge on any atom is -0.320 e. The Bertz CT molecular complexity index is 575. The monoisotopic (exact) mass is 259 g/mol. The summed E-state index contributed by atoms with van der Waals surface area (Å²) >= 11 is 6.33. The molecular weight excluding hydrogens is 242 g/mol. The molecule has 2 aromatic carbocycles. The summed E-state index contributed by atoms with van der Waals surface area (Å²) in [5.41, 5.74) is 12.0. The third-order valence-electron chi connectivity index (χ3n) is 3.45. The van der Waals surface area contributed by atoms with E-state index in [1.165, 1.54) is 11.1 Å². The molecule has 0 fully saturated rings. The van der Waals surface area contributed by atoms with Gasteiger partial charge in [0.1, 0.15) is 0 Å². The summed E-state index contributed by atoms with van der Waals surface area (Å²) in [4.78, 5) is 0. The van der Waals surface area contributed by atoms with Crippen LogP contribution in [0.3, 0.4) is 0 Å². The van der Waals surface area contributed by atoms with Crippen LogP contribution in [-0.2, 0) is 0 Å². The molecule has 1 nitrogen and oxygen atoms in total. The molecule has 0 amide bonds. The highest BCUT2D eigenvalue weighted by Gasteiger charge is 2.13. The average Bonchev–Trinajstić information content (AvgIpc) is 2.35. The molecule has 2 heteroatoms. The topological polar surface area (TPSA) is 26.0 Å². The second-order valence-corrected chi connectivity index (χ2v) is 5.18. The SMILES string of the molecule is Cc1ccc(C(N)c2cccc(C)c2Cl)cc1C. The highest BCUT2D eigenvalue weighted by atomic mass is 35.5. The molecule has 94 valence electrons. The van der Waals surface area contributed by atoms with Crippen molar-refractivity contribution in [1.82, 2.24) is 0 Å². The van der Waals surface area contributed by atoms with Crippen molar-refractivity contribution in [3.05, 3.63) is 69.2 Å². The van der Waals surface area contributed by atoms with Gasteiger partial charge in [-0.15, -0.1) is 0 Å². The third kappa shape index (κ3) is 2.43. The van der Waals surface area contributed by atoms with Gasteiger partial charge in [-0.05, 0) is 48.6 Å². The first-order valence-electron chi connectivity index (χ1n) is 6.08. The summed E-state index contributed by atoms with van der Waals surface area (Å²) in [5.74, 6) is 0. The normalized spacial score (nSPS) is 12.5. The maximum absolute atomic E-state index is 6.33. The minimum absolute atomic E-state index is 0.170. The molecule has 0 radical (unpaired) electrons. The van der Waals surface area contributed by atoms with E-state index in [9.17, 15) is 0 Å². The lowest BCUT2D eigenvalue weighted by Gasteiger charge is -2.16. The number of benzene rings is 2. The molecule has 0 saturated heterocycles. The maximum Gasteiger partial charge on any atom is 0.0566 e. The summed E-state index contributed by atoms with van der Waals surface area (Å²) < 4.78 is 0. The molecule has 18 heavy (non-hydrogen) atoms. The van der Waals surface area contributed by atoms with Crippen molar-refractivity contribution >= 4 is 11.6 Å². The van der Waals surface area contributed by atoms with E-state index in [0.29, 0.717) is 0 Å². The van der Waals surface area contributed by atoms with Gasteiger partial charge in [-0.3, -0.25) is 0 Å². The van der Waals surface area contributed by atoms with Crippen LogP contribution in [-0.4, -0.2) is 0 Å². The van der Waals surface area contributed by atoms with E-state index in [0.717, 1.165) is 21.7 Å². The fourth-order valence-corrected chi connectivity index (χ4v) is 2.29. The summed E-state index contributed by atoms with van der Waals surface area (Å²) in [6.07, 6.45) is 0. The van der Waals surface area contributed by atoms with Crippen LogP contribution in [0.15, 0.2) is 36.4 Å². The number of hydrogen-bond acceptors (Lipinski definition) is 1. The fraction of sp³-hybridized carbons (Fsp3) is 0.250. The summed E-state index contributed by atoms with van der Waals surface area (Å²) in [7, 11) is 0. The van der Waals surface area contributed by atoms with Gasteiger partial charge in [0.05, 0.1) is 6.04 Å². The lowest BCUT2D eigenvalue weighted by molar-refractivity contribution is 0.867. The van der Waals surface area contributed by atoms with Crippen LogP contribution in [0.25, 0.3) is 0 Å². The maximum atomic E-state index is 6.33. The predicted octanol–water partition coefficient (Wildman–Crippen LogP) is 4.31. The molecule has 0 aliphatic carbocycles. The quantitative estimate of drug-likeness (QED) is 0.854. The summed E-state index contributed by atoms with van der Waals surface area (Å²) in [5, 5.41) is 0.767. The number of rotatable bonds is 2. The Morgan fingerprint density at radius 2 is 1.67 bits per heavy atom. The van der Waals surface area contributed by atoms with Crippen LogP contribution in [0.5, 0.6) is 0 Å². The highest BCUT2D eigenvalue weighted by molar-refractivity contribution is 6.32. The van der Waals surface area contributed by atoms with Crippen molar-refractivity contribution in [3.63, 3.8) is 0 Å². The van der Waals surface area contributed by atoms with Crippen LogP contribution in [0, 0.1) is 20.8 Å². The second-order valence-electron chi connectivity index (χ2n) is 4.80. The Kier molecular flexibility index (Phi) is 3.74. The lowest BCUT2D eigenvalue weighted by Crippen LogP contribution is -2.13. The molecule has 0 saturated carbocycles. The van der Waals surface area contributed by atoms with E-state index in [1.54, 1.807) is 0 Å². The molecule has 0 spiro atoms. The number of halogens is 1. The number of aryl methyl sites for hydroxylation is 3. The zero-order chi connectivity index (χ0) is 13.3. The molecule has 2 rings (SSSR count). The van der Waals surface area contributed by atoms with Crippen LogP contribution < -0.4 is 5.73 Å². The van der Waals surface area contributed by atoms with E-state index in [4.69, 9.17) is 17.3 Å². The molecule has 2 aromatic rings. The average molecular weight is 260 g/mol. The first-order valence-corrected chi connectivity index (χ1v) is 6.46. The van der Waals surface area contributed by atoms with Crippen LogP contribution in [0.2, 0.25) is 5.02 Å². The van der Waals surface area contributed by atoms with E-state index in [-0.39, 0.29) is 6.04 Å². The van der Waals surface area contributed by atoms with Gasteiger partial charge in [-0.2, -0.15) is 0 Å². The smallest absolute Gasteiger partial charge is 0.0566 e. The molecule has 0 bridgehead atoms. The van der Waals surface area contributed by atoms with Crippen molar-refractivity contribution in [2.45, 2.75) is 26.8 Å². The lowest BCUT2D eigenvalue weighted by atomic mass is 9.95.